The first-order valence-electron chi connectivity index (χ1n) is 7.11. The Hall–Kier alpha value is -0.0400. The fourth-order valence-electron chi connectivity index (χ4n) is 2.70. The van der Waals surface area contributed by atoms with E-state index in [0.717, 1.165) is 23.9 Å². The molecule has 0 saturated heterocycles. The fraction of sp³-hybridized carbons (Fsp3) is 1.00. The van der Waals surface area contributed by atoms with Gasteiger partial charge in [0, 0.05) is 12.1 Å². The first-order valence-corrected chi connectivity index (χ1v) is 7.11. The second-order valence-corrected chi connectivity index (χ2v) is 5.61. The topological polar surface area (TPSA) is 12.0 Å². The number of unbranched alkanes of at least 4 members (excludes halogenated alkanes) is 1. The quantitative estimate of drug-likeness (QED) is 0.642. The molecule has 0 aliphatic heterocycles. The van der Waals surface area contributed by atoms with E-state index in [2.05, 4.69) is 19.2 Å². The van der Waals surface area contributed by atoms with Crippen molar-refractivity contribution < 1.29 is 0 Å². The first-order chi connectivity index (χ1) is 7.35. The summed E-state index contributed by atoms with van der Waals surface area (Å²) in [4.78, 5) is 0. The lowest BCUT2D eigenvalue weighted by Crippen LogP contribution is -2.40. The van der Waals surface area contributed by atoms with Crippen LogP contribution >= 0.6 is 0 Å². The van der Waals surface area contributed by atoms with E-state index in [1.807, 2.05) is 0 Å². The molecule has 1 atom stereocenters. The summed E-state index contributed by atoms with van der Waals surface area (Å²) in [5.74, 6) is 2.10. The van der Waals surface area contributed by atoms with Crippen LogP contribution in [0.5, 0.6) is 0 Å². The highest BCUT2D eigenvalue weighted by Gasteiger charge is 2.41. The van der Waals surface area contributed by atoms with Crippen molar-refractivity contribution in [1.29, 1.82) is 0 Å². The van der Waals surface area contributed by atoms with Gasteiger partial charge in [0.15, 0.2) is 0 Å². The van der Waals surface area contributed by atoms with E-state index >= 15 is 0 Å². The van der Waals surface area contributed by atoms with Gasteiger partial charge in [-0.15, -0.1) is 0 Å². The van der Waals surface area contributed by atoms with Crippen LogP contribution in [0, 0.1) is 11.8 Å². The van der Waals surface area contributed by atoms with Gasteiger partial charge in [0.1, 0.15) is 0 Å². The normalized spacial score (nSPS) is 23.4. The second-order valence-electron chi connectivity index (χ2n) is 5.61. The summed E-state index contributed by atoms with van der Waals surface area (Å²) in [6.45, 7) is 4.64. The van der Waals surface area contributed by atoms with Gasteiger partial charge in [-0.25, -0.2) is 0 Å². The van der Waals surface area contributed by atoms with Crippen LogP contribution in [0.4, 0.5) is 0 Å². The molecule has 15 heavy (non-hydrogen) atoms. The molecule has 2 aliphatic rings. The minimum absolute atomic E-state index is 0.802. The van der Waals surface area contributed by atoms with Gasteiger partial charge in [-0.2, -0.15) is 0 Å². The van der Waals surface area contributed by atoms with Crippen LogP contribution in [0.25, 0.3) is 0 Å². The lowest BCUT2D eigenvalue weighted by molar-refractivity contribution is 0.338. The molecule has 0 aromatic rings. The maximum Gasteiger partial charge on any atom is 0.0126 e. The van der Waals surface area contributed by atoms with Gasteiger partial charge in [-0.3, -0.25) is 0 Å². The largest absolute Gasteiger partial charge is 0.311 e. The van der Waals surface area contributed by atoms with Gasteiger partial charge in [0.2, 0.25) is 0 Å². The molecule has 1 N–H and O–H groups in total. The lowest BCUT2D eigenvalue weighted by Gasteiger charge is -2.25. The summed E-state index contributed by atoms with van der Waals surface area (Å²) < 4.78 is 0. The Morgan fingerprint density at radius 2 is 1.67 bits per heavy atom. The van der Waals surface area contributed by atoms with Crippen molar-refractivity contribution in [2.45, 2.75) is 77.3 Å². The van der Waals surface area contributed by atoms with Crippen molar-refractivity contribution in [2.75, 3.05) is 0 Å². The zero-order valence-corrected chi connectivity index (χ0v) is 10.5. The van der Waals surface area contributed by atoms with Crippen molar-refractivity contribution in [3.63, 3.8) is 0 Å². The van der Waals surface area contributed by atoms with Gasteiger partial charge in [-0.05, 0) is 50.4 Å². The maximum atomic E-state index is 3.96. The van der Waals surface area contributed by atoms with E-state index in [1.54, 1.807) is 0 Å². The number of nitrogens with one attached hydrogen (secondary N) is 1. The van der Waals surface area contributed by atoms with Crippen molar-refractivity contribution in [3.05, 3.63) is 0 Å². The Balaban J connectivity index is 1.75. The van der Waals surface area contributed by atoms with E-state index in [1.165, 1.54) is 51.4 Å². The minimum Gasteiger partial charge on any atom is -0.311 e. The summed E-state index contributed by atoms with van der Waals surface area (Å²) >= 11 is 0. The molecule has 0 spiro atoms. The Morgan fingerprint density at radius 3 is 2.07 bits per heavy atom. The van der Waals surface area contributed by atoms with E-state index < -0.39 is 0 Å². The van der Waals surface area contributed by atoms with Crippen LogP contribution in [0.15, 0.2) is 0 Å². The molecule has 1 nitrogen and oxygen atoms in total. The SMILES string of the molecule is CCCCC(CC)NC(C1CC1)C1CC1. The van der Waals surface area contributed by atoms with Crippen LogP contribution in [0.2, 0.25) is 0 Å². The summed E-state index contributed by atoms with van der Waals surface area (Å²) in [6, 6.07) is 1.70. The average Bonchev–Trinajstić information content (AvgIpc) is 3.11. The molecule has 1 heteroatoms. The summed E-state index contributed by atoms with van der Waals surface area (Å²) in [7, 11) is 0. The monoisotopic (exact) mass is 209 g/mol. The van der Waals surface area contributed by atoms with Crippen LogP contribution in [-0.4, -0.2) is 12.1 Å². The minimum atomic E-state index is 0.802. The maximum absolute atomic E-state index is 3.96. The molecule has 1 unspecified atom stereocenters. The van der Waals surface area contributed by atoms with Gasteiger partial charge in [0.25, 0.3) is 0 Å². The predicted molar refractivity (Wildman–Crippen MR) is 66.0 cm³/mol. The van der Waals surface area contributed by atoms with Gasteiger partial charge < -0.3 is 5.32 Å². The highest BCUT2D eigenvalue weighted by Crippen LogP contribution is 2.44. The molecule has 2 aliphatic carbocycles. The molecule has 0 aromatic carbocycles. The molecular weight excluding hydrogens is 182 g/mol. The lowest BCUT2D eigenvalue weighted by atomic mass is 10.0. The van der Waals surface area contributed by atoms with Crippen LogP contribution in [-0.2, 0) is 0 Å². The number of hydrogen-bond donors (Lipinski definition) is 1. The fourth-order valence-corrected chi connectivity index (χ4v) is 2.70. The third-order valence-electron chi connectivity index (χ3n) is 4.09. The molecule has 0 radical (unpaired) electrons. The van der Waals surface area contributed by atoms with Crippen LogP contribution < -0.4 is 5.32 Å². The average molecular weight is 209 g/mol. The smallest absolute Gasteiger partial charge is 0.0126 e. The summed E-state index contributed by atoms with van der Waals surface area (Å²) in [5.41, 5.74) is 0. The Labute approximate surface area is 95.0 Å². The molecule has 2 saturated carbocycles. The van der Waals surface area contributed by atoms with Crippen LogP contribution in [0.3, 0.4) is 0 Å². The molecule has 0 amide bonds. The third-order valence-corrected chi connectivity index (χ3v) is 4.09. The zero-order valence-electron chi connectivity index (χ0n) is 10.5. The van der Waals surface area contributed by atoms with Crippen molar-refractivity contribution in [2.24, 2.45) is 11.8 Å². The van der Waals surface area contributed by atoms with Gasteiger partial charge in [-0.1, -0.05) is 26.7 Å². The molecule has 0 bridgehead atoms. The zero-order chi connectivity index (χ0) is 10.7. The molecule has 2 fully saturated rings. The highest BCUT2D eigenvalue weighted by molar-refractivity contribution is 4.97. The van der Waals surface area contributed by atoms with Gasteiger partial charge >= 0.3 is 0 Å². The summed E-state index contributed by atoms with van der Waals surface area (Å²) in [5, 5.41) is 3.96. The van der Waals surface area contributed by atoms with E-state index in [9.17, 15) is 0 Å². The van der Waals surface area contributed by atoms with Crippen molar-refractivity contribution in [3.8, 4) is 0 Å². The Morgan fingerprint density at radius 1 is 1.07 bits per heavy atom. The van der Waals surface area contributed by atoms with Crippen molar-refractivity contribution >= 4 is 0 Å². The second kappa shape index (κ2) is 5.34. The van der Waals surface area contributed by atoms with Gasteiger partial charge in [0.05, 0.1) is 0 Å². The number of hydrogen-bond acceptors (Lipinski definition) is 1. The predicted octanol–water partition coefficient (Wildman–Crippen LogP) is 3.73. The standard InChI is InChI=1S/C14H27N/c1-3-5-6-13(4-2)15-14(11-7-8-11)12-9-10-12/h11-15H,3-10H2,1-2H3. The molecule has 88 valence electrons. The summed E-state index contributed by atoms with van der Waals surface area (Å²) in [6.07, 6.45) is 11.4. The molecule has 0 aromatic heterocycles. The van der Waals surface area contributed by atoms with E-state index in [0.29, 0.717) is 0 Å². The highest BCUT2D eigenvalue weighted by atomic mass is 15.0. The third kappa shape index (κ3) is 3.48. The first kappa shape index (κ1) is 11.4. The van der Waals surface area contributed by atoms with Crippen molar-refractivity contribution in [1.82, 2.24) is 5.32 Å². The molecule has 0 heterocycles. The number of rotatable bonds is 8. The van der Waals surface area contributed by atoms with E-state index in [4.69, 9.17) is 0 Å². The molecular formula is C14H27N. The van der Waals surface area contributed by atoms with E-state index in [-0.39, 0.29) is 0 Å². The molecule has 2 rings (SSSR count). The van der Waals surface area contributed by atoms with Crippen LogP contribution in [0.1, 0.15) is 65.2 Å². The Bertz CT molecular complexity index is 170. The Kier molecular flexibility index (Phi) is 4.07.